The maximum Gasteiger partial charge on any atom is 0.280 e. The summed E-state index contributed by atoms with van der Waals surface area (Å²) in [6.45, 7) is 4.33. The summed E-state index contributed by atoms with van der Waals surface area (Å²) in [7, 11) is 0. The first kappa shape index (κ1) is 11.0. The Labute approximate surface area is 98.9 Å². The van der Waals surface area contributed by atoms with Crippen LogP contribution >= 0.6 is 11.3 Å². The third-order valence-corrected chi connectivity index (χ3v) is 2.96. The minimum atomic E-state index is 0.532. The molecule has 0 saturated carbocycles. The van der Waals surface area contributed by atoms with Crippen molar-refractivity contribution in [2.45, 2.75) is 19.8 Å². The SMILES string of the molecule is CC(C)c1ccc(Oc2ncc(N)s2)cc1. The Morgan fingerprint density at radius 3 is 2.44 bits per heavy atom. The topological polar surface area (TPSA) is 48.1 Å². The smallest absolute Gasteiger partial charge is 0.280 e. The molecule has 4 heteroatoms. The van der Waals surface area contributed by atoms with Crippen molar-refractivity contribution in [3.63, 3.8) is 0 Å². The molecule has 0 fully saturated rings. The number of ether oxygens (including phenoxy) is 1. The normalized spacial score (nSPS) is 10.7. The number of anilines is 1. The van der Waals surface area contributed by atoms with Gasteiger partial charge in [-0.25, -0.2) is 4.98 Å². The van der Waals surface area contributed by atoms with Gasteiger partial charge in [-0.2, -0.15) is 0 Å². The van der Waals surface area contributed by atoms with Gasteiger partial charge >= 0.3 is 0 Å². The highest BCUT2D eigenvalue weighted by molar-refractivity contribution is 7.17. The quantitative estimate of drug-likeness (QED) is 0.882. The number of hydrogen-bond donors (Lipinski definition) is 1. The van der Waals surface area contributed by atoms with Crippen LogP contribution < -0.4 is 10.5 Å². The first-order valence-corrected chi connectivity index (χ1v) is 5.96. The summed E-state index contributed by atoms with van der Waals surface area (Å²) < 4.78 is 5.56. The lowest BCUT2D eigenvalue weighted by Gasteiger charge is -2.06. The summed E-state index contributed by atoms with van der Waals surface area (Å²) in [5, 5.41) is 1.24. The maximum absolute atomic E-state index is 5.57. The van der Waals surface area contributed by atoms with Crippen molar-refractivity contribution in [2.24, 2.45) is 0 Å². The Balaban J connectivity index is 2.11. The highest BCUT2D eigenvalue weighted by Gasteiger charge is 2.03. The number of nitrogens with zero attached hydrogens (tertiary/aromatic N) is 1. The minimum absolute atomic E-state index is 0.532. The van der Waals surface area contributed by atoms with Gasteiger partial charge in [-0.15, -0.1) is 0 Å². The van der Waals surface area contributed by atoms with E-state index in [1.54, 1.807) is 6.20 Å². The van der Waals surface area contributed by atoms with Gasteiger partial charge in [-0.1, -0.05) is 37.3 Å². The van der Waals surface area contributed by atoms with Gasteiger partial charge in [-0.3, -0.25) is 0 Å². The molecule has 0 aliphatic heterocycles. The van der Waals surface area contributed by atoms with E-state index >= 15 is 0 Å². The van der Waals surface area contributed by atoms with Gasteiger partial charge in [0, 0.05) is 0 Å². The molecule has 0 saturated heterocycles. The van der Waals surface area contributed by atoms with Crippen LogP contribution in [0, 0.1) is 0 Å². The predicted octanol–water partition coefficient (Wildman–Crippen LogP) is 3.64. The number of benzene rings is 1. The van der Waals surface area contributed by atoms with Crippen LogP contribution in [0.1, 0.15) is 25.3 Å². The standard InChI is InChI=1S/C12H14N2OS/c1-8(2)9-3-5-10(6-4-9)15-12-14-7-11(13)16-12/h3-8H,13H2,1-2H3. The van der Waals surface area contributed by atoms with Crippen molar-refractivity contribution in [1.82, 2.24) is 4.98 Å². The monoisotopic (exact) mass is 234 g/mol. The van der Waals surface area contributed by atoms with Crippen molar-refractivity contribution in [3.05, 3.63) is 36.0 Å². The van der Waals surface area contributed by atoms with Gasteiger partial charge < -0.3 is 10.5 Å². The van der Waals surface area contributed by atoms with Crippen molar-refractivity contribution in [2.75, 3.05) is 5.73 Å². The molecule has 1 heterocycles. The molecule has 0 spiro atoms. The number of aromatic nitrogens is 1. The lowest BCUT2D eigenvalue weighted by Crippen LogP contribution is -1.87. The van der Waals surface area contributed by atoms with Crippen LogP contribution in [0.15, 0.2) is 30.5 Å². The Hall–Kier alpha value is -1.55. The lowest BCUT2D eigenvalue weighted by molar-refractivity contribution is 0.478. The van der Waals surface area contributed by atoms with Gasteiger partial charge in [-0.05, 0) is 23.6 Å². The van der Waals surface area contributed by atoms with Crippen LogP contribution in [-0.4, -0.2) is 4.98 Å². The fourth-order valence-corrected chi connectivity index (χ4v) is 1.89. The fraction of sp³-hybridized carbons (Fsp3) is 0.250. The molecule has 2 N–H and O–H groups in total. The Morgan fingerprint density at radius 1 is 1.25 bits per heavy atom. The number of hydrogen-bond acceptors (Lipinski definition) is 4. The van der Waals surface area contributed by atoms with Crippen molar-refractivity contribution >= 4 is 16.3 Å². The summed E-state index contributed by atoms with van der Waals surface area (Å²) in [5.41, 5.74) is 6.87. The van der Waals surface area contributed by atoms with Crippen LogP contribution in [0.3, 0.4) is 0 Å². The summed E-state index contributed by atoms with van der Waals surface area (Å²) >= 11 is 1.34. The Kier molecular flexibility index (Phi) is 3.10. The van der Waals surface area contributed by atoms with E-state index in [4.69, 9.17) is 10.5 Å². The van der Waals surface area contributed by atoms with E-state index in [1.807, 2.05) is 12.1 Å². The van der Waals surface area contributed by atoms with Crippen LogP contribution in [0.4, 0.5) is 5.00 Å². The maximum atomic E-state index is 5.57. The number of rotatable bonds is 3. The van der Waals surface area contributed by atoms with E-state index in [0.29, 0.717) is 16.1 Å². The van der Waals surface area contributed by atoms with Crippen molar-refractivity contribution in [1.29, 1.82) is 0 Å². The second-order valence-corrected chi connectivity index (χ2v) is 4.88. The van der Waals surface area contributed by atoms with Gasteiger partial charge in [0.25, 0.3) is 5.19 Å². The van der Waals surface area contributed by atoms with Crippen LogP contribution in [0.2, 0.25) is 0 Å². The van der Waals surface area contributed by atoms with Crippen LogP contribution in [-0.2, 0) is 0 Å². The molecule has 0 bridgehead atoms. The molecule has 0 aliphatic rings. The van der Waals surface area contributed by atoms with Gasteiger partial charge in [0.1, 0.15) is 10.8 Å². The highest BCUT2D eigenvalue weighted by Crippen LogP contribution is 2.28. The molecule has 2 aromatic rings. The first-order chi connectivity index (χ1) is 7.65. The zero-order chi connectivity index (χ0) is 11.5. The van der Waals surface area contributed by atoms with E-state index in [-0.39, 0.29) is 0 Å². The zero-order valence-electron chi connectivity index (χ0n) is 9.31. The third-order valence-electron chi connectivity index (χ3n) is 2.25. The summed E-state index contributed by atoms with van der Waals surface area (Å²) in [6.07, 6.45) is 1.60. The average Bonchev–Trinajstić information content (AvgIpc) is 2.65. The molecule has 0 radical (unpaired) electrons. The molecule has 1 aromatic heterocycles. The Bertz CT molecular complexity index is 462. The van der Waals surface area contributed by atoms with Crippen molar-refractivity contribution in [3.8, 4) is 10.9 Å². The summed E-state index contributed by atoms with van der Waals surface area (Å²) in [4.78, 5) is 4.04. The largest absolute Gasteiger partial charge is 0.431 e. The molecule has 0 atom stereocenters. The molecule has 0 amide bonds. The lowest BCUT2D eigenvalue weighted by atomic mass is 10.0. The summed E-state index contributed by atoms with van der Waals surface area (Å²) in [6, 6.07) is 8.04. The number of nitrogen functional groups attached to an aromatic ring is 1. The van der Waals surface area contributed by atoms with Gasteiger partial charge in [0.05, 0.1) is 6.20 Å². The van der Waals surface area contributed by atoms with Crippen LogP contribution in [0.25, 0.3) is 0 Å². The third kappa shape index (κ3) is 2.52. The molecular formula is C12H14N2OS. The molecule has 16 heavy (non-hydrogen) atoms. The van der Waals surface area contributed by atoms with E-state index in [9.17, 15) is 0 Å². The second kappa shape index (κ2) is 4.53. The summed E-state index contributed by atoms with van der Waals surface area (Å²) in [5.74, 6) is 1.32. The minimum Gasteiger partial charge on any atom is -0.431 e. The molecule has 0 unspecified atom stereocenters. The Morgan fingerprint density at radius 2 is 1.94 bits per heavy atom. The van der Waals surface area contributed by atoms with Gasteiger partial charge in [0.2, 0.25) is 0 Å². The molecule has 84 valence electrons. The first-order valence-electron chi connectivity index (χ1n) is 5.14. The predicted molar refractivity (Wildman–Crippen MR) is 67.1 cm³/mol. The molecule has 3 nitrogen and oxygen atoms in total. The molecule has 1 aromatic carbocycles. The van der Waals surface area contributed by atoms with E-state index in [2.05, 4.69) is 31.0 Å². The van der Waals surface area contributed by atoms with Gasteiger partial charge in [0.15, 0.2) is 0 Å². The fourth-order valence-electron chi connectivity index (χ4n) is 1.34. The number of nitrogens with two attached hydrogens (primary N) is 1. The zero-order valence-corrected chi connectivity index (χ0v) is 10.1. The second-order valence-electron chi connectivity index (χ2n) is 3.85. The van der Waals surface area contributed by atoms with Crippen LogP contribution in [0.5, 0.6) is 10.9 Å². The average molecular weight is 234 g/mol. The number of thiazole rings is 1. The van der Waals surface area contributed by atoms with E-state index in [1.165, 1.54) is 16.9 Å². The molecule has 2 rings (SSSR count). The van der Waals surface area contributed by atoms with E-state index < -0.39 is 0 Å². The molecular weight excluding hydrogens is 220 g/mol. The van der Waals surface area contributed by atoms with E-state index in [0.717, 1.165) is 5.75 Å². The molecule has 0 aliphatic carbocycles. The van der Waals surface area contributed by atoms with Crippen molar-refractivity contribution < 1.29 is 4.74 Å². The highest BCUT2D eigenvalue weighted by atomic mass is 32.1.